The van der Waals surface area contributed by atoms with Gasteiger partial charge in [0.05, 0.1) is 11.4 Å². The first-order valence-corrected chi connectivity index (χ1v) is 7.10. The van der Waals surface area contributed by atoms with Crippen molar-refractivity contribution in [1.29, 1.82) is 0 Å². The summed E-state index contributed by atoms with van der Waals surface area (Å²) < 4.78 is 79.2. The van der Waals surface area contributed by atoms with Gasteiger partial charge in [-0.3, -0.25) is 10.9 Å². The van der Waals surface area contributed by atoms with Crippen LogP contribution in [-0.2, 0) is 0 Å². The number of para-hydroxylation sites is 2. The number of hydrogen-bond donors (Lipinski definition) is 2. The van der Waals surface area contributed by atoms with Crippen molar-refractivity contribution in [2.75, 3.05) is 10.9 Å². The van der Waals surface area contributed by atoms with Crippen LogP contribution in [0, 0.1) is 0 Å². The molecule has 10 heteroatoms. The third kappa shape index (κ3) is 4.74. The van der Waals surface area contributed by atoms with Gasteiger partial charge in [0.2, 0.25) is 0 Å². The minimum atomic E-state index is -6.05. The monoisotopic (exact) mass is 374 g/mol. The topological polar surface area (TPSA) is 48.8 Å². The van der Waals surface area contributed by atoms with E-state index in [1.54, 1.807) is 12.1 Å². The Morgan fingerprint density at radius 3 is 1.54 bits per heavy atom. The van der Waals surface area contributed by atoms with Crippen LogP contribution in [0.1, 0.15) is 0 Å². The van der Waals surface area contributed by atoms with Crippen LogP contribution >= 0.6 is 0 Å². The highest BCUT2D eigenvalue weighted by atomic mass is 19.4. The van der Waals surface area contributed by atoms with E-state index in [0.717, 1.165) is 0 Å². The second-order valence-electron chi connectivity index (χ2n) is 4.89. The van der Waals surface area contributed by atoms with Gasteiger partial charge in [0, 0.05) is 0 Å². The molecule has 0 aliphatic carbocycles. The summed E-state index contributed by atoms with van der Waals surface area (Å²) in [5.41, 5.74) is 2.09. The number of nitrogens with zero attached hydrogens (tertiary/aromatic N) is 2. The lowest BCUT2D eigenvalue weighted by molar-refractivity contribution is -0.248. The molecule has 0 amide bonds. The van der Waals surface area contributed by atoms with Crippen molar-refractivity contribution in [1.82, 2.24) is 0 Å². The van der Waals surface area contributed by atoms with E-state index in [4.69, 9.17) is 0 Å². The van der Waals surface area contributed by atoms with Gasteiger partial charge in [-0.1, -0.05) is 36.4 Å². The summed E-state index contributed by atoms with van der Waals surface area (Å²) in [5, 5.41) is 5.83. The van der Waals surface area contributed by atoms with E-state index in [9.17, 15) is 26.3 Å². The Labute approximate surface area is 144 Å². The average molecular weight is 374 g/mol. The van der Waals surface area contributed by atoms with Crippen LogP contribution in [0.3, 0.4) is 0 Å². The summed E-state index contributed by atoms with van der Waals surface area (Å²) >= 11 is 0. The summed E-state index contributed by atoms with van der Waals surface area (Å²) in [4.78, 5) is 0. The molecule has 26 heavy (non-hydrogen) atoms. The van der Waals surface area contributed by atoms with Gasteiger partial charge in [0.1, 0.15) is 0 Å². The Bertz CT molecular complexity index is 772. The minimum Gasteiger partial charge on any atom is -0.278 e. The van der Waals surface area contributed by atoms with Crippen molar-refractivity contribution in [3.8, 4) is 0 Å². The molecule has 0 aromatic heterocycles. The van der Waals surface area contributed by atoms with Gasteiger partial charge in [-0.15, -0.1) is 5.10 Å². The van der Waals surface area contributed by atoms with E-state index >= 15 is 0 Å². The first kappa shape index (κ1) is 19.3. The van der Waals surface area contributed by atoms with Crippen molar-refractivity contribution in [3.63, 3.8) is 0 Å². The molecule has 0 heterocycles. The third-order valence-corrected chi connectivity index (χ3v) is 2.98. The fraction of sp³-hybridized carbons (Fsp3) is 0.125. The SMILES string of the molecule is FC(=NNc1ccccc1)C(=NNc1ccccc1)C(F)(F)C(F)(F)F. The Morgan fingerprint density at radius 2 is 1.12 bits per heavy atom. The van der Waals surface area contributed by atoms with Crippen LogP contribution in [0.15, 0.2) is 70.9 Å². The predicted molar refractivity (Wildman–Crippen MR) is 87.1 cm³/mol. The second-order valence-corrected chi connectivity index (χ2v) is 4.89. The summed E-state index contributed by atoms with van der Waals surface area (Å²) in [5.74, 6) is -7.67. The highest BCUT2D eigenvalue weighted by Gasteiger charge is 2.63. The molecule has 2 aromatic carbocycles. The van der Waals surface area contributed by atoms with Gasteiger partial charge in [-0.2, -0.15) is 31.4 Å². The first-order valence-electron chi connectivity index (χ1n) is 7.10. The van der Waals surface area contributed by atoms with Gasteiger partial charge in [-0.25, -0.2) is 0 Å². The van der Waals surface area contributed by atoms with Crippen LogP contribution in [0.25, 0.3) is 0 Å². The van der Waals surface area contributed by atoms with Gasteiger partial charge in [0.15, 0.2) is 5.71 Å². The Hall–Kier alpha value is -3.04. The van der Waals surface area contributed by atoms with E-state index < -0.39 is 23.8 Å². The first-order chi connectivity index (χ1) is 12.2. The molecule has 0 fully saturated rings. The molecule has 0 bridgehead atoms. The number of hydrogen-bond acceptors (Lipinski definition) is 4. The third-order valence-electron chi connectivity index (χ3n) is 2.98. The molecule has 4 nitrogen and oxygen atoms in total. The Kier molecular flexibility index (Phi) is 5.86. The molecule has 0 aliphatic rings. The number of benzene rings is 2. The van der Waals surface area contributed by atoms with Crippen molar-refractivity contribution in [2.45, 2.75) is 12.1 Å². The maximum Gasteiger partial charge on any atom is 0.460 e. The largest absolute Gasteiger partial charge is 0.460 e. The number of nitrogens with one attached hydrogen (secondary N) is 2. The molecule has 0 aliphatic heterocycles. The Balaban J connectivity index is 2.33. The zero-order valence-electron chi connectivity index (χ0n) is 12.9. The quantitative estimate of drug-likeness (QED) is 0.422. The lowest BCUT2D eigenvalue weighted by atomic mass is 10.2. The zero-order valence-corrected chi connectivity index (χ0v) is 12.9. The predicted octanol–water partition coefficient (Wildman–Crippen LogP) is 5.05. The van der Waals surface area contributed by atoms with E-state index in [1.165, 1.54) is 48.5 Å². The summed E-state index contributed by atoms with van der Waals surface area (Å²) in [7, 11) is 0. The van der Waals surface area contributed by atoms with Crippen LogP contribution in [0.4, 0.5) is 37.7 Å². The fourth-order valence-electron chi connectivity index (χ4n) is 1.69. The highest BCUT2D eigenvalue weighted by molar-refractivity contribution is 6.41. The maximum absolute atomic E-state index is 14.0. The molecule has 2 N–H and O–H groups in total. The number of alkyl halides is 5. The molecule has 2 rings (SSSR count). The molecule has 0 atom stereocenters. The molecule has 0 saturated carbocycles. The molecule has 0 unspecified atom stereocenters. The van der Waals surface area contributed by atoms with Crippen molar-refractivity contribution in [3.05, 3.63) is 60.7 Å². The summed E-state index contributed by atoms with van der Waals surface area (Å²) in [6, 6.07) is 14.8. The minimum absolute atomic E-state index is 0.0896. The normalized spacial score (nSPS) is 13.5. The zero-order chi connectivity index (χ0) is 19.2. The molecular formula is C16H12F6N4. The Morgan fingerprint density at radius 1 is 0.692 bits per heavy atom. The fourth-order valence-corrected chi connectivity index (χ4v) is 1.69. The smallest absolute Gasteiger partial charge is 0.278 e. The molecule has 0 saturated heterocycles. The standard InChI is InChI=1S/C16H12F6N4/c17-14(26-24-12-9-5-2-6-10-12)13(15(18,19)16(20,21)22)25-23-11-7-3-1-4-8-11/h1-10,23-24H. The number of rotatable bonds is 6. The lowest BCUT2D eigenvalue weighted by Gasteiger charge is -2.20. The lowest BCUT2D eigenvalue weighted by Crippen LogP contribution is -2.47. The molecule has 2 aromatic rings. The summed E-state index contributed by atoms with van der Waals surface area (Å²) in [6.45, 7) is 0. The van der Waals surface area contributed by atoms with Crippen LogP contribution < -0.4 is 10.9 Å². The van der Waals surface area contributed by atoms with Crippen molar-refractivity contribution < 1.29 is 26.3 Å². The van der Waals surface area contributed by atoms with Crippen molar-refractivity contribution in [2.24, 2.45) is 10.2 Å². The van der Waals surface area contributed by atoms with Crippen molar-refractivity contribution >= 4 is 23.1 Å². The maximum atomic E-state index is 14.0. The van der Waals surface area contributed by atoms with Crippen LogP contribution in [-0.4, -0.2) is 23.8 Å². The van der Waals surface area contributed by atoms with E-state index in [0.29, 0.717) is 0 Å². The number of halogens is 6. The van der Waals surface area contributed by atoms with Crippen LogP contribution in [0.5, 0.6) is 0 Å². The van der Waals surface area contributed by atoms with Gasteiger partial charge in [0.25, 0.3) is 5.97 Å². The molecule has 138 valence electrons. The molecular weight excluding hydrogens is 362 g/mol. The van der Waals surface area contributed by atoms with Gasteiger partial charge >= 0.3 is 12.1 Å². The average Bonchev–Trinajstić information content (AvgIpc) is 2.61. The number of hydrazone groups is 2. The molecule has 0 spiro atoms. The highest BCUT2D eigenvalue weighted by Crippen LogP contribution is 2.37. The second kappa shape index (κ2) is 7.89. The van der Waals surface area contributed by atoms with Crippen LogP contribution in [0.2, 0.25) is 0 Å². The van der Waals surface area contributed by atoms with Gasteiger partial charge < -0.3 is 0 Å². The van der Waals surface area contributed by atoms with E-state index in [-0.39, 0.29) is 11.4 Å². The molecule has 0 radical (unpaired) electrons. The van der Waals surface area contributed by atoms with E-state index in [1.807, 2.05) is 5.43 Å². The van der Waals surface area contributed by atoms with E-state index in [2.05, 4.69) is 15.6 Å². The summed E-state index contributed by atoms with van der Waals surface area (Å²) in [6.07, 6.45) is -6.05. The number of anilines is 2. The van der Waals surface area contributed by atoms with Gasteiger partial charge in [-0.05, 0) is 24.3 Å².